The highest BCUT2D eigenvalue weighted by Gasteiger charge is 2.38. The summed E-state index contributed by atoms with van der Waals surface area (Å²) < 4.78 is 15.7. The van der Waals surface area contributed by atoms with Gasteiger partial charge in [0.15, 0.2) is 11.5 Å². The summed E-state index contributed by atoms with van der Waals surface area (Å²) in [5.74, 6) is 0.238. The highest BCUT2D eigenvalue weighted by molar-refractivity contribution is 6.25. The largest absolute Gasteiger partial charge is 0.493 e. The maximum Gasteiger partial charge on any atom is 0.340 e. The van der Waals surface area contributed by atoms with Crippen LogP contribution in [0.5, 0.6) is 11.5 Å². The Morgan fingerprint density at radius 3 is 2.34 bits per heavy atom. The molecule has 0 radical (unpaired) electrons. The fourth-order valence-corrected chi connectivity index (χ4v) is 3.98. The van der Waals surface area contributed by atoms with E-state index in [1.807, 2.05) is 42.5 Å². The minimum atomic E-state index is -0.565. The minimum Gasteiger partial charge on any atom is -0.493 e. The van der Waals surface area contributed by atoms with Gasteiger partial charge in [0.1, 0.15) is 0 Å². The van der Waals surface area contributed by atoms with Crippen molar-refractivity contribution < 1.29 is 23.8 Å². The monoisotopic (exact) mass is 429 g/mol. The van der Waals surface area contributed by atoms with Gasteiger partial charge < -0.3 is 14.2 Å². The molecule has 0 saturated heterocycles. The first-order valence-corrected chi connectivity index (χ1v) is 10.1. The number of rotatable bonds is 5. The lowest BCUT2D eigenvalue weighted by Crippen LogP contribution is -2.24. The second-order valence-electron chi connectivity index (χ2n) is 7.26. The van der Waals surface area contributed by atoms with E-state index in [0.29, 0.717) is 28.4 Å². The van der Waals surface area contributed by atoms with Gasteiger partial charge in [0.05, 0.1) is 38.2 Å². The predicted octanol–water partition coefficient (Wildman–Crippen LogP) is 4.73. The number of esters is 1. The molecular weight excluding hydrogens is 406 g/mol. The first-order chi connectivity index (χ1) is 15.5. The van der Waals surface area contributed by atoms with Crippen LogP contribution in [0.3, 0.4) is 0 Å². The molecule has 0 bridgehead atoms. The van der Waals surface area contributed by atoms with E-state index < -0.39 is 5.97 Å². The number of amides is 1. The molecule has 0 aliphatic carbocycles. The summed E-state index contributed by atoms with van der Waals surface area (Å²) in [5, 5.41) is 1.92. The standard InChI is InChI=1S/C26H23NO5/c1-16-24(26(29)32-4)20(14-17-12-13-22(30-2)23(15-17)31-3)25(28)27(16)21-11-7-9-18-8-5-6-10-19(18)21/h5-15H,1-4H3/b20-14-. The molecule has 1 heterocycles. The first kappa shape index (κ1) is 21.2. The first-order valence-electron chi connectivity index (χ1n) is 10.1. The van der Waals surface area contributed by atoms with Gasteiger partial charge in [0, 0.05) is 11.1 Å². The summed E-state index contributed by atoms with van der Waals surface area (Å²) in [6, 6.07) is 18.9. The van der Waals surface area contributed by atoms with Crippen molar-refractivity contribution in [2.24, 2.45) is 0 Å². The van der Waals surface area contributed by atoms with Gasteiger partial charge in [0.25, 0.3) is 5.91 Å². The lowest BCUT2D eigenvalue weighted by molar-refractivity contribution is -0.136. The van der Waals surface area contributed by atoms with E-state index in [0.717, 1.165) is 10.8 Å². The van der Waals surface area contributed by atoms with E-state index in [2.05, 4.69) is 0 Å². The van der Waals surface area contributed by atoms with Gasteiger partial charge in [-0.15, -0.1) is 0 Å². The van der Waals surface area contributed by atoms with Crippen molar-refractivity contribution in [3.8, 4) is 11.5 Å². The molecule has 1 aliphatic heterocycles. The molecule has 6 nitrogen and oxygen atoms in total. The third-order valence-electron chi connectivity index (χ3n) is 5.52. The fraction of sp³-hybridized carbons (Fsp3) is 0.154. The summed E-state index contributed by atoms with van der Waals surface area (Å²) in [5.41, 5.74) is 2.42. The number of carbonyl (C=O) groups excluding carboxylic acids is 2. The van der Waals surface area contributed by atoms with Crippen molar-refractivity contribution in [3.05, 3.63) is 83.1 Å². The number of anilines is 1. The van der Waals surface area contributed by atoms with Gasteiger partial charge in [-0.1, -0.05) is 42.5 Å². The quantitative estimate of drug-likeness (QED) is 0.433. The topological polar surface area (TPSA) is 65.1 Å². The van der Waals surface area contributed by atoms with Gasteiger partial charge in [-0.25, -0.2) is 4.79 Å². The molecule has 6 heteroatoms. The van der Waals surface area contributed by atoms with Crippen LogP contribution in [0.4, 0.5) is 5.69 Å². The normalized spacial score (nSPS) is 14.9. The van der Waals surface area contributed by atoms with E-state index in [4.69, 9.17) is 14.2 Å². The van der Waals surface area contributed by atoms with Crippen LogP contribution in [-0.4, -0.2) is 33.2 Å². The molecule has 0 unspecified atom stereocenters. The number of ether oxygens (including phenoxy) is 3. The number of hydrogen-bond donors (Lipinski definition) is 0. The molecule has 162 valence electrons. The Balaban J connectivity index is 1.88. The average molecular weight is 429 g/mol. The molecule has 0 saturated carbocycles. The molecule has 0 fully saturated rings. The van der Waals surface area contributed by atoms with Crippen LogP contribution in [0.15, 0.2) is 77.5 Å². The van der Waals surface area contributed by atoms with Gasteiger partial charge in [-0.2, -0.15) is 0 Å². The zero-order valence-electron chi connectivity index (χ0n) is 18.3. The van der Waals surface area contributed by atoms with E-state index in [1.54, 1.807) is 50.3 Å². The van der Waals surface area contributed by atoms with Crippen LogP contribution in [0, 0.1) is 0 Å². The molecule has 3 aromatic carbocycles. The number of nitrogens with zero attached hydrogens (tertiary/aromatic N) is 1. The molecule has 0 aromatic heterocycles. The summed E-state index contributed by atoms with van der Waals surface area (Å²) in [7, 11) is 4.41. The number of methoxy groups -OCH3 is 3. The van der Waals surface area contributed by atoms with Crippen molar-refractivity contribution in [1.29, 1.82) is 0 Å². The molecule has 0 atom stereocenters. The number of fused-ring (bicyclic) bond motifs is 1. The highest BCUT2D eigenvalue weighted by atomic mass is 16.5. The fourth-order valence-electron chi connectivity index (χ4n) is 3.98. The third kappa shape index (κ3) is 3.50. The molecule has 1 amide bonds. The lowest BCUT2D eigenvalue weighted by atomic mass is 10.0. The number of carbonyl (C=O) groups is 2. The van der Waals surface area contributed by atoms with Gasteiger partial charge in [-0.3, -0.25) is 9.69 Å². The van der Waals surface area contributed by atoms with Crippen molar-refractivity contribution in [3.63, 3.8) is 0 Å². The zero-order valence-corrected chi connectivity index (χ0v) is 18.3. The van der Waals surface area contributed by atoms with E-state index in [-0.39, 0.29) is 17.1 Å². The summed E-state index contributed by atoms with van der Waals surface area (Å²) in [6.45, 7) is 1.75. The van der Waals surface area contributed by atoms with E-state index in [1.165, 1.54) is 7.11 Å². The van der Waals surface area contributed by atoms with Gasteiger partial charge in [0.2, 0.25) is 0 Å². The van der Waals surface area contributed by atoms with Crippen LogP contribution in [0.2, 0.25) is 0 Å². The molecule has 32 heavy (non-hydrogen) atoms. The predicted molar refractivity (Wildman–Crippen MR) is 124 cm³/mol. The Morgan fingerprint density at radius 1 is 0.906 bits per heavy atom. The van der Waals surface area contributed by atoms with Crippen molar-refractivity contribution in [2.45, 2.75) is 6.92 Å². The Kier molecular flexibility index (Phi) is 5.69. The second kappa shape index (κ2) is 8.59. The van der Waals surface area contributed by atoms with Crippen LogP contribution in [-0.2, 0) is 14.3 Å². The van der Waals surface area contributed by atoms with Gasteiger partial charge >= 0.3 is 5.97 Å². The molecule has 4 rings (SSSR count). The van der Waals surface area contributed by atoms with E-state index in [9.17, 15) is 9.59 Å². The minimum absolute atomic E-state index is 0.236. The summed E-state index contributed by atoms with van der Waals surface area (Å²) in [4.78, 5) is 27.9. The summed E-state index contributed by atoms with van der Waals surface area (Å²) >= 11 is 0. The molecule has 0 spiro atoms. The highest BCUT2D eigenvalue weighted by Crippen LogP contribution is 2.39. The molecular formula is C26H23NO5. The Bertz CT molecular complexity index is 1280. The lowest BCUT2D eigenvalue weighted by Gasteiger charge is -2.20. The van der Waals surface area contributed by atoms with Crippen molar-refractivity contribution >= 4 is 34.4 Å². The van der Waals surface area contributed by atoms with Crippen LogP contribution in [0.1, 0.15) is 12.5 Å². The Hall–Kier alpha value is -4.06. The number of benzene rings is 3. The number of hydrogen-bond acceptors (Lipinski definition) is 5. The number of allylic oxidation sites excluding steroid dienone is 1. The van der Waals surface area contributed by atoms with Crippen LogP contribution in [0.25, 0.3) is 16.8 Å². The zero-order chi connectivity index (χ0) is 22.8. The molecule has 0 N–H and O–H groups in total. The Morgan fingerprint density at radius 2 is 1.62 bits per heavy atom. The van der Waals surface area contributed by atoms with Gasteiger partial charge in [-0.05, 0) is 42.1 Å². The van der Waals surface area contributed by atoms with Crippen LogP contribution >= 0.6 is 0 Å². The maximum absolute atomic E-state index is 13.6. The van der Waals surface area contributed by atoms with Crippen molar-refractivity contribution in [2.75, 3.05) is 26.2 Å². The molecule has 3 aromatic rings. The maximum atomic E-state index is 13.6. The third-order valence-corrected chi connectivity index (χ3v) is 5.52. The van der Waals surface area contributed by atoms with Crippen LogP contribution < -0.4 is 14.4 Å². The summed E-state index contributed by atoms with van der Waals surface area (Å²) in [6.07, 6.45) is 1.67. The Labute approximate surface area is 186 Å². The second-order valence-corrected chi connectivity index (χ2v) is 7.26. The SMILES string of the molecule is COC(=O)C1=C(C)N(c2cccc3ccccc23)C(=O)/C1=C\c1ccc(OC)c(OC)c1. The van der Waals surface area contributed by atoms with Crippen molar-refractivity contribution in [1.82, 2.24) is 0 Å². The molecule has 1 aliphatic rings. The average Bonchev–Trinajstić information content (AvgIpc) is 3.07. The smallest absolute Gasteiger partial charge is 0.340 e. The van der Waals surface area contributed by atoms with E-state index >= 15 is 0 Å².